The summed E-state index contributed by atoms with van der Waals surface area (Å²) < 4.78 is 5.47. The quantitative estimate of drug-likeness (QED) is 0.712. The second kappa shape index (κ2) is 8.13. The van der Waals surface area contributed by atoms with Gasteiger partial charge in [0, 0.05) is 13.2 Å². The zero-order valence-corrected chi connectivity index (χ0v) is 12.5. The summed E-state index contributed by atoms with van der Waals surface area (Å²) in [4.78, 5) is 2.39. The number of hydrogen-bond donors (Lipinski definition) is 1. The highest BCUT2D eigenvalue weighted by molar-refractivity contribution is 4.77. The largest absolute Gasteiger partial charge is 0.389 e. The lowest BCUT2D eigenvalue weighted by molar-refractivity contribution is 0.0160. The van der Waals surface area contributed by atoms with E-state index >= 15 is 0 Å². The second-order valence-corrected chi connectivity index (χ2v) is 6.40. The second-order valence-electron chi connectivity index (χ2n) is 6.40. The van der Waals surface area contributed by atoms with E-state index in [0.29, 0.717) is 12.0 Å². The predicted molar refractivity (Wildman–Crippen MR) is 75.8 cm³/mol. The molecule has 0 bridgehead atoms. The monoisotopic (exact) mass is 257 g/mol. The number of rotatable bonds is 7. The van der Waals surface area contributed by atoms with Crippen molar-refractivity contribution in [3.8, 4) is 0 Å². The van der Waals surface area contributed by atoms with Crippen molar-refractivity contribution in [3.63, 3.8) is 0 Å². The summed E-state index contributed by atoms with van der Waals surface area (Å²) in [5.41, 5.74) is 0.470. The topological polar surface area (TPSA) is 32.7 Å². The van der Waals surface area contributed by atoms with E-state index in [1.165, 1.54) is 19.3 Å². The lowest BCUT2D eigenvalue weighted by Crippen LogP contribution is -2.36. The molecular formula is C15H31NO2. The molecule has 0 spiro atoms. The first-order valence-electron chi connectivity index (χ1n) is 7.51. The van der Waals surface area contributed by atoms with Crippen LogP contribution in [0.2, 0.25) is 0 Å². The first-order chi connectivity index (χ1) is 8.53. The van der Waals surface area contributed by atoms with E-state index in [4.69, 9.17) is 4.74 Å². The molecule has 0 aromatic rings. The van der Waals surface area contributed by atoms with Crippen molar-refractivity contribution >= 4 is 0 Å². The van der Waals surface area contributed by atoms with Crippen molar-refractivity contribution < 1.29 is 9.84 Å². The molecule has 1 aliphatic rings. The zero-order chi connectivity index (χ0) is 13.4. The Morgan fingerprint density at radius 2 is 2.06 bits per heavy atom. The number of hydrogen-bond acceptors (Lipinski definition) is 3. The summed E-state index contributed by atoms with van der Waals surface area (Å²) in [6.45, 7) is 11.1. The average Bonchev–Trinajstić information content (AvgIpc) is 2.47. The predicted octanol–water partition coefficient (Wildman–Crippen LogP) is 2.68. The van der Waals surface area contributed by atoms with E-state index in [9.17, 15) is 5.11 Å². The van der Waals surface area contributed by atoms with Crippen LogP contribution in [-0.2, 0) is 4.74 Å². The molecule has 0 radical (unpaired) electrons. The maximum Gasteiger partial charge on any atom is 0.0900 e. The Bertz CT molecular complexity index is 219. The van der Waals surface area contributed by atoms with Crippen molar-refractivity contribution in [2.45, 2.75) is 59.0 Å². The minimum Gasteiger partial charge on any atom is -0.389 e. The third kappa shape index (κ3) is 6.72. The first kappa shape index (κ1) is 15.9. The molecule has 0 saturated carbocycles. The molecule has 1 aliphatic heterocycles. The maximum absolute atomic E-state index is 9.96. The van der Waals surface area contributed by atoms with Gasteiger partial charge in [-0.2, -0.15) is 0 Å². The van der Waals surface area contributed by atoms with Crippen molar-refractivity contribution in [1.82, 2.24) is 4.90 Å². The Morgan fingerprint density at radius 1 is 1.28 bits per heavy atom. The highest BCUT2D eigenvalue weighted by atomic mass is 16.5. The summed E-state index contributed by atoms with van der Waals surface area (Å²) >= 11 is 0. The number of unbranched alkanes of at least 4 members (excludes halogenated alkanes) is 1. The molecule has 1 fully saturated rings. The fraction of sp³-hybridized carbons (Fsp3) is 1.00. The van der Waals surface area contributed by atoms with Gasteiger partial charge in [-0.15, -0.1) is 0 Å². The summed E-state index contributed by atoms with van der Waals surface area (Å²) in [6, 6.07) is 0. The van der Waals surface area contributed by atoms with Crippen LogP contribution in [0.3, 0.4) is 0 Å². The van der Waals surface area contributed by atoms with Crippen LogP contribution >= 0.6 is 0 Å². The Hall–Kier alpha value is -0.120. The van der Waals surface area contributed by atoms with Crippen molar-refractivity contribution in [2.24, 2.45) is 5.41 Å². The van der Waals surface area contributed by atoms with Crippen LogP contribution in [0.25, 0.3) is 0 Å². The zero-order valence-electron chi connectivity index (χ0n) is 12.5. The molecule has 1 saturated heterocycles. The molecule has 3 nitrogen and oxygen atoms in total. The lowest BCUT2D eigenvalue weighted by Gasteiger charge is -2.25. The SMILES string of the molecule is CCCCOCC(O)CN1CCCC(C)(C)CC1. The molecule has 1 rings (SSSR count). The molecule has 1 N–H and O–H groups in total. The maximum atomic E-state index is 9.96. The van der Waals surface area contributed by atoms with Crippen LogP contribution in [-0.4, -0.2) is 49.0 Å². The normalized spacial score (nSPS) is 22.7. The number of aliphatic hydroxyl groups is 1. The number of likely N-dealkylation sites (tertiary alicyclic amines) is 1. The Labute approximate surface area is 113 Å². The molecule has 18 heavy (non-hydrogen) atoms. The van der Waals surface area contributed by atoms with E-state index in [0.717, 1.165) is 39.1 Å². The Kier molecular flexibility index (Phi) is 7.20. The van der Waals surface area contributed by atoms with Gasteiger partial charge in [-0.05, 0) is 44.2 Å². The third-order valence-corrected chi connectivity index (χ3v) is 3.85. The van der Waals surface area contributed by atoms with Crippen LogP contribution in [0.5, 0.6) is 0 Å². The summed E-state index contributed by atoms with van der Waals surface area (Å²) in [5, 5.41) is 9.96. The van der Waals surface area contributed by atoms with Gasteiger partial charge in [0.1, 0.15) is 0 Å². The van der Waals surface area contributed by atoms with Crippen molar-refractivity contribution in [1.29, 1.82) is 0 Å². The van der Waals surface area contributed by atoms with Crippen LogP contribution in [0.4, 0.5) is 0 Å². The van der Waals surface area contributed by atoms with Gasteiger partial charge in [-0.25, -0.2) is 0 Å². The molecule has 1 atom stereocenters. The molecule has 108 valence electrons. The van der Waals surface area contributed by atoms with Crippen molar-refractivity contribution in [3.05, 3.63) is 0 Å². The Morgan fingerprint density at radius 3 is 2.78 bits per heavy atom. The fourth-order valence-electron chi connectivity index (χ4n) is 2.48. The third-order valence-electron chi connectivity index (χ3n) is 3.85. The standard InChI is InChI=1S/C15H31NO2/c1-4-5-11-18-13-14(17)12-16-9-6-7-15(2,3)8-10-16/h14,17H,4-13H2,1-3H3. The summed E-state index contributed by atoms with van der Waals surface area (Å²) in [7, 11) is 0. The summed E-state index contributed by atoms with van der Waals surface area (Å²) in [6.07, 6.45) is 5.68. The van der Waals surface area contributed by atoms with Crippen LogP contribution < -0.4 is 0 Å². The number of nitrogens with zero attached hydrogens (tertiary/aromatic N) is 1. The van der Waals surface area contributed by atoms with Gasteiger partial charge in [-0.1, -0.05) is 27.2 Å². The van der Waals surface area contributed by atoms with Gasteiger partial charge in [0.15, 0.2) is 0 Å². The Balaban J connectivity index is 2.17. The number of ether oxygens (including phenoxy) is 1. The van der Waals surface area contributed by atoms with Crippen LogP contribution in [0, 0.1) is 5.41 Å². The molecule has 3 heteroatoms. The van der Waals surface area contributed by atoms with Gasteiger partial charge >= 0.3 is 0 Å². The number of β-amino-alcohol motifs (C(OH)–C–C–N with tert-alkyl or cyclic N) is 1. The minimum atomic E-state index is -0.330. The molecule has 0 aromatic heterocycles. The molecule has 0 aromatic carbocycles. The molecule has 0 amide bonds. The highest BCUT2D eigenvalue weighted by Gasteiger charge is 2.23. The van der Waals surface area contributed by atoms with E-state index in [1.54, 1.807) is 0 Å². The fourth-order valence-corrected chi connectivity index (χ4v) is 2.48. The number of aliphatic hydroxyl groups excluding tert-OH is 1. The van der Waals surface area contributed by atoms with E-state index in [1.807, 2.05) is 0 Å². The lowest BCUT2D eigenvalue weighted by atomic mass is 9.85. The van der Waals surface area contributed by atoms with Crippen LogP contribution in [0.1, 0.15) is 52.9 Å². The van der Waals surface area contributed by atoms with E-state index in [2.05, 4.69) is 25.7 Å². The van der Waals surface area contributed by atoms with Gasteiger partial charge in [0.05, 0.1) is 12.7 Å². The molecular weight excluding hydrogens is 226 g/mol. The molecule has 1 heterocycles. The smallest absolute Gasteiger partial charge is 0.0900 e. The average molecular weight is 257 g/mol. The van der Waals surface area contributed by atoms with E-state index < -0.39 is 0 Å². The van der Waals surface area contributed by atoms with E-state index in [-0.39, 0.29) is 6.10 Å². The van der Waals surface area contributed by atoms with Gasteiger partial charge in [-0.3, -0.25) is 0 Å². The van der Waals surface area contributed by atoms with Crippen LogP contribution in [0.15, 0.2) is 0 Å². The molecule has 0 aliphatic carbocycles. The van der Waals surface area contributed by atoms with Crippen molar-refractivity contribution in [2.75, 3.05) is 32.8 Å². The summed E-state index contributed by atoms with van der Waals surface area (Å²) in [5.74, 6) is 0. The van der Waals surface area contributed by atoms with Gasteiger partial charge < -0.3 is 14.7 Å². The van der Waals surface area contributed by atoms with Gasteiger partial charge in [0.2, 0.25) is 0 Å². The molecule has 1 unspecified atom stereocenters. The minimum absolute atomic E-state index is 0.330. The van der Waals surface area contributed by atoms with Gasteiger partial charge in [0.25, 0.3) is 0 Å². The highest BCUT2D eigenvalue weighted by Crippen LogP contribution is 2.29. The first-order valence-corrected chi connectivity index (χ1v) is 7.51.